The monoisotopic (exact) mass is 128 g/mol. The van der Waals surface area contributed by atoms with Crippen LogP contribution in [0.2, 0.25) is 0 Å². The normalized spacial score (nSPS) is 12.6. The molecule has 0 aromatic rings. The molecule has 0 N–H and O–H groups in total. The minimum absolute atomic E-state index is 0.278. The third-order valence-corrected chi connectivity index (χ3v) is 1.21. The van der Waals surface area contributed by atoms with Crippen LogP contribution in [0.15, 0.2) is 0 Å². The highest BCUT2D eigenvalue weighted by Crippen LogP contribution is 2.06. The third kappa shape index (κ3) is 5.36. The van der Waals surface area contributed by atoms with Gasteiger partial charge in [0, 0.05) is 6.42 Å². The molecule has 0 rings (SSSR count). The molecule has 0 saturated heterocycles. The fourth-order valence-corrected chi connectivity index (χ4v) is 0.656. The lowest BCUT2D eigenvalue weighted by atomic mass is 10.1. The van der Waals surface area contributed by atoms with Crippen molar-refractivity contribution in [3.05, 3.63) is 0 Å². The fourth-order valence-electron chi connectivity index (χ4n) is 0.656. The van der Waals surface area contributed by atoms with Crippen LogP contribution in [0.3, 0.4) is 0 Å². The summed E-state index contributed by atoms with van der Waals surface area (Å²) in [5, 5.41) is 0. The van der Waals surface area contributed by atoms with Crippen molar-refractivity contribution in [3.63, 3.8) is 0 Å². The Morgan fingerprint density at radius 2 is 2.33 bits per heavy atom. The zero-order chi connectivity index (χ0) is 7.11. The van der Waals surface area contributed by atoms with Gasteiger partial charge in [0.15, 0.2) is 0 Å². The SMILES string of the molecule is C#CC[C@@H](F)CCCC. The van der Waals surface area contributed by atoms with Gasteiger partial charge in [0.2, 0.25) is 0 Å². The van der Waals surface area contributed by atoms with E-state index in [1.54, 1.807) is 0 Å². The molecule has 0 aromatic heterocycles. The Hall–Kier alpha value is -0.510. The summed E-state index contributed by atoms with van der Waals surface area (Å²) in [7, 11) is 0. The predicted molar refractivity (Wildman–Crippen MR) is 37.9 cm³/mol. The van der Waals surface area contributed by atoms with E-state index in [2.05, 4.69) is 5.92 Å². The number of terminal acetylenes is 1. The summed E-state index contributed by atoms with van der Waals surface area (Å²) in [5.74, 6) is 2.30. The van der Waals surface area contributed by atoms with Gasteiger partial charge in [0.25, 0.3) is 0 Å². The van der Waals surface area contributed by atoms with Gasteiger partial charge in [-0.2, -0.15) is 0 Å². The number of hydrogen-bond acceptors (Lipinski definition) is 0. The van der Waals surface area contributed by atoms with E-state index in [4.69, 9.17) is 6.42 Å². The lowest BCUT2D eigenvalue weighted by molar-refractivity contribution is 0.313. The van der Waals surface area contributed by atoms with Crippen LogP contribution in [-0.2, 0) is 0 Å². The molecule has 0 bridgehead atoms. The minimum atomic E-state index is -0.769. The molecule has 52 valence electrons. The maximum absolute atomic E-state index is 12.4. The summed E-state index contributed by atoms with van der Waals surface area (Å²) >= 11 is 0. The third-order valence-electron chi connectivity index (χ3n) is 1.21. The van der Waals surface area contributed by atoms with Crippen molar-refractivity contribution in [1.29, 1.82) is 0 Å². The summed E-state index contributed by atoms with van der Waals surface area (Å²) in [6, 6.07) is 0. The van der Waals surface area contributed by atoms with Crippen molar-refractivity contribution in [1.82, 2.24) is 0 Å². The van der Waals surface area contributed by atoms with Gasteiger partial charge in [-0.1, -0.05) is 19.8 Å². The van der Waals surface area contributed by atoms with Crippen molar-refractivity contribution in [2.24, 2.45) is 0 Å². The summed E-state index contributed by atoms with van der Waals surface area (Å²) in [6.45, 7) is 2.04. The second-order valence-corrected chi connectivity index (χ2v) is 2.15. The summed E-state index contributed by atoms with van der Waals surface area (Å²) < 4.78 is 12.4. The molecule has 0 spiro atoms. The first kappa shape index (κ1) is 8.49. The van der Waals surface area contributed by atoms with Crippen LogP contribution in [0.1, 0.15) is 32.6 Å². The number of hydrogen-bond donors (Lipinski definition) is 0. The van der Waals surface area contributed by atoms with E-state index >= 15 is 0 Å². The second kappa shape index (κ2) is 5.62. The van der Waals surface area contributed by atoms with Crippen LogP contribution in [0.4, 0.5) is 4.39 Å². The molecule has 0 fully saturated rings. The van der Waals surface area contributed by atoms with Crippen molar-refractivity contribution < 1.29 is 4.39 Å². The van der Waals surface area contributed by atoms with Crippen LogP contribution in [0, 0.1) is 12.3 Å². The highest BCUT2D eigenvalue weighted by Gasteiger charge is 2.01. The molecule has 0 saturated carbocycles. The van der Waals surface area contributed by atoms with Gasteiger partial charge >= 0.3 is 0 Å². The molecule has 0 aliphatic carbocycles. The zero-order valence-corrected chi connectivity index (χ0v) is 5.86. The van der Waals surface area contributed by atoms with Gasteiger partial charge in [-0.15, -0.1) is 12.3 Å². The quantitative estimate of drug-likeness (QED) is 0.510. The molecule has 0 aromatic carbocycles. The molecule has 0 nitrogen and oxygen atoms in total. The molecule has 0 heterocycles. The first-order valence-corrected chi connectivity index (χ1v) is 3.38. The van der Waals surface area contributed by atoms with Gasteiger partial charge in [0.1, 0.15) is 6.17 Å². The average molecular weight is 128 g/mol. The number of rotatable bonds is 4. The first-order valence-electron chi connectivity index (χ1n) is 3.38. The summed E-state index contributed by atoms with van der Waals surface area (Å²) in [6.07, 6.45) is 7.04. The van der Waals surface area contributed by atoms with Crippen molar-refractivity contribution in [3.8, 4) is 12.3 Å². The number of halogens is 1. The van der Waals surface area contributed by atoms with E-state index in [1.165, 1.54) is 0 Å². The molecule has 0 aliphatic rings. The minimum Gasteiger partial charge on any atom is -0.246 e. The number of unbranched alkanes of at least 4 members (excludes halogenated alkanes) is 1. The molecular formula is C8H13F. The maximum Gasteiger partial charge on any atom is 0.111 e. The molecule has 9 heavy (non-hydrogen) atoms. The van der Waals surface area contributed by atoms with Crippen LogP contribution in [0.25, 0.3) is 0 Å². The van der Waals surface area contributed by atoms with Gasteiger partial charge in [-0.3, -0.25) is 0 Å². The van der Waals surface area contributed by atoms with Gasteiger partial charge < -0.3 is 0 Å². The lowest BCUT2D eigenvalue weighted by Gasteiger charge is -2.00. The molecule has 0 unspecified atom stereocenters. The Bertz CT molecular complexity index is 91.2. The molecule has 0 radical (unpaired) electrons. The Kier molecular flexibility index (Phi) is 5.30. The van der Waals surface area contributed by atoms with E-state index in [0.29, 0.717) is 6.42 Å². The van der Waals surface area contributed by atoms with Crippen LogP contribution < -0.4 is 0 Å². The Morgan fingerprint density at radius 3 is 2.78 bits per heavy atom. The smallest absolute Gasteiger partial charge is 0.111 e. The first-order chi connectivity index (χ1) is 4.31. The zero-order valence-electron chi connectivity index (χ0n) is 5.86. The highest BCUT2D eigenvalue weighted by atomic mass is 19.1. The second-order valence-electron chi connectivity index (χ2n) is 2.15. The van der Waals surface area contributed by atoms with E-state index in [0.717, 1.165) is 12.8 Å². The largest absolute Gasteiger partial charge is 0.246 e. The Morgan fingerprint density at radius 1 is 1.67 bits per heavy atom. The molecular weight excluding hydrogens is 115 g/mol. The molecule has 1 atom stereocenters. The molecule has 1 heteroatoms. The van der Waals surface area contributed by atoms with Gasteiger partial charge in [0.05, 0.1) is 0 Å². The maximum atomic E-state index is 12.4. The predicted octanol–water partition coefficient (Wildman–Crippen LogP) is 2.54. The molecule has 0 amide bonds. The van der Waals surface area contributed by atoms with E-state index < -0.39 is 6.17 Å². The van der Waals surface area contributed by atoms with Gasteiger partial charge in [-0.25, -0.2) is 4.39 Å². The Balaban J connectivity index is 3.08. The molecule has 0 aliphatic heterocycles. The van der Waals surface area contributed by atoms with Crippen LogP contribution >= 0.6 is 0 Å². The van der Waals surface area contributed by atoms with Gasteiger partial charge in [-0.05, 0) is 6.42 Å². The fraction of sp³-hybridized carbons (Fsp3) is 0.750. The summed E-state index contributed by atoms with van der Waals surface area (Å²) in [5.41, 5.74) is 0. The highest BCUT2D eigenvalue weighted by molar-refractivity contribution is 4.86. The standard InChI is InChI=1S/C8H13F/c1-3-5-7-8(9)6-4-2/h2,8H,3,5-7H2,1H3/t8-/m1/s1. The van der Waals surface area contributed by atoms with E-state index in [9.17, 15) is 4.39 Å². The van der Waals surface area contributed by atoms with Crippen molar-refractivity contribution in [2.75, 3.05) is 0 Å². The van der Waals surface area contributed by atoms with Crippen molar-refractivity contribution in [2.45, 2.75) is 38.8 Å². The topological polar surface area (TPSA) is 0 Å². The lowest BCUT2D eigenvalue weighted by Crippen LogP contribution is -1.96. The Labute approximate surface area is 56.5 Å². The van der Waals surface area contributed by atoms with Crippen LogP contribution in [0.5, 0.6) is 0 Å². The van der Waals surface area contributed by atoms with E-state index in [1.807, 2.05) is 6.92 Å². The van der Waals surface area contributed by atoms with Crippen molar-refractivity contribution >= 4 is 0 Å². The van der Waals surface area contributed by atoms with Crippen LogP contribution in [-0.4, -0.2) is 6.17 Å². The number of alkyl halides is 1. The van der Waals surface area contributed by atoms with E-state index in [-0.39, 0.29) is 6.42 Å². The average Bonchev–Trinajstić information content (AvgIpc) is 1.85. The summed E-state index contributed by atoms with van der Waals surface area (Å²) in [4.78, 5) is 0.